The van der Waals surface area contributed by atoms with Gasteiger partial charge in [0.2, 0.25) is 5.91 Å². The number of rotatable bonds is 7. The number of halogens is 1. The first-order valence-electron chi connectivity index (χ1n) is 8.34. The average Bonchev–Trinajstić information content (AvgIpc) is 3.14. The fourth-order valence-corrected chi connectivity index (χ4v) is 2.63. The molecule has 1 fully saturated rings. The molecule has 1 amide bonds. The molecular weight excluding hydrogens is 323 g/mol. The highest BCUT2D eigenvalue weighted by molar-refractivity contribution is 5.94. The zero-order valence-electron chi connectivity index (χ0n) is 13.8. The quantitative estimate of drug-likeness (QED) is 0.808. The van der Waals surface area contributed by atoms with Gasteiger partial charge in [0.25, 0.3) is 0 Å². The SMILES string of the molecule is O=C(CNc1ccccc1OCC1CCCO1)Nc1ccccc1F. The van der Waals surface area contributed by atoms with Gasteiger partial charge in [0.05, 0.1) is 24.0 Å². The number of hydrogen-bond donors (Lipinski definition) is 2. The van der Waals surface area contributed by atoms with E-state index >= 15 is 0 Å². The summed E-state index contributed by atoms with van der Waals surface area (Å²) in [6.07, 6.45) is 2.18. The molecule has 0 spiro atoms. The first-order valence-corrected chi connectivity index (χ1v) is 8.34. The van der Waals surface area contributed by atoms with Gasteiger partial charge in [-0.2, -0.15) is 0 Å². The second-order valence-corrected chi connectivity index (χ2v) is 5.82. The van der Waals surface area contributed by atoms with Crippen LogP contribution in [-0.4, -0.2) is 31.8 Å². The predicted molar refractivity (Wildman–Crippen MR) is 94.4 cm³/mol. The molecule has 6 heteroatoms. The van der Waals surface area contributed by atoms with Crippen molar-refractivity contribution in [2.24, 2.45) is 0 Å². The van der Waals surface area contributed by atoms with Crippen LogP contribution in [0.2, 0.25) is 0 Å². The first kappa shape index (κ1) is 17.2. The minimum absolute atomic E-state index is 0.00857. The van der Waals surface area contributed by atoms with Crippen molar-refractivity contribution < 1.29 is 18.7 Å². The summed E-state index contributed by atoms with van der Waals surface area (Å²) < 4.78 is 24.9. The minimum atomic E-state index is -0.462. The van der Waals surface area contributed by atoms with Gasteiger partial charge in [0.15, 0.2) is 0 Å². The molecule has 1 aliphatic rings. The third-order valence-corrected chi connectivity index (χ3v) is 3.92. The van der Waals surface area contributed by atoms with Gasteiger partial charge in [-0.1, -0.05) is 24.3 Å². The van der Waals surface area contributed by atoms with Crippen molar-refractivity contribution in [1.82, 2.24) is 0 Å². The number of benzene rings is 2. The van der Waals surface area contributed by atoms with Crippen LogP contribution >= 0.6 is 0 Å². The second-order valence-electron chi connectivity index (χ2n) is 5.82. The van der Waals surface area contributed by atoms with Gasteiger partial charge in [-0.25, -0.2) is 4.39 Å². The smallest absolute Gasteiger partial charge is 0.243 e. The fraction of sp³-hybridized carbons (Fsp3) is 0.316. The van der Waals surface area contributed by atoms with Crippen LogP contribution in [-0.2, 0) is 9.53 Å². The maximum Gasteiger partial charge on any atom is 0.243 e. The van der Waals surface area contributed by atoms with Crippen molar-refractivity contribution in [3.05, 3.63) is 54.3 Å². The van der Waals surface area contributed by atoms with Crippen LogP contribution in [0, 0.1) is 5.82 Å². The Morgan fingerprint density at radius 1 is 1.16 bits per heavy atom. The predicted octanol–water partition coefficient (Wildman–Crippen LogP) is 3.43. The van der Waals surface area contributed by atoms with E-state index in [0.29, 0.717) is 18.0 Å². The molecule has 2 aromatic carbocycles. The molecule has 0 aliphatic carbocycles. The van der Waals surface area contributed by atoms with E-state index in [1.807, 2.05) is 24.3 Å². The Morgan fingerprint density at radius 3 is 2.68 bits per heavy atom. The van der Waals surface area contributed by atoms with Gasteiger partial charge in [-0.05, 0) is 37.1 Å². The molecule has 1 aliphatic heterocycles. The number of ether oxygens (including phenoxy) is 2. The van der Waals surface area contributed by atoms with Crippen LogP contribution in [0.15, 0.2) is 48.5 Å². The molecule has 0 saturated carbocycles. The van der Waals surface area contributed by atoms with Crippen molar-refractivity contribution in [3.8, 4) is 5.75 Å². The van der Waals surface area contributed by atoms with Crippen molar-refractivity contribution in [2.75, 3.05) is 30.4 Å². The number of amides is 1. The number of carbonyl (C=O) groups excluding carboxylic acids is 1. The fourth-order valence-electron chi connectivity index (χ4n) is 2.63. The third kappa shape index (κ3) is 4.93. The molecule has 2 aromatic rings. The number of carbonyl (C=O) groups is 1. The standard InChI is InChI=1S/C19H21FN2O3/c20-15-7-1-2-8-16(15)22-19(23)12-21-17-9-3-4-10-18(17)25-13-14-6-5-11-24-14/h1-4,7-10,14,21H,5-6,11-13H2,(H,22,23). The van der Waals surface area contributed by atoms with E-state index in [9.17, 15) is 9.18 Å². The number of para-hydroxylation sites is 3. The molecule has 1 unspecified atom stereocenters. The van der Waals surface area contributed by atoms with Crippen LogP contribution in [0.5, 0.6) is 5.75 Å². The summed E-state index contributed by atoms with van der Waals surface area (Å²) in [5.41, 5.74) is 0.876. The zero-order valence-corrected chi connectivity index (χ0v) is 13.8. The highest BCUT2D eigenvalue weighted by Gasteiger charge is 2.17. The van der Waals surface area contributed by atoms with E-state index < -0.39 is 5.82 Å². The maximum atomic E-state index is 13.6. The Morgan fingerprint density at radius 2 is 1.92 bits per heavy atom. The summed E-state index contributed by atoms with van der Waals surface area (Å²) in [5, 5.41) is 5.57. The highest BCUT2D eigenvalue weighted by Crippen LogP contribution is 2.25. The Kier molecular flexibility index (Phi) is 5.85. The lowest BCUT2D eigenvalue weighted by molar-refractivity contribution is -0.114. The van der Waals surface area contributed by atoms with Crippen LogP contribution in [0.4, 0.5) is 15.8 Å². The van der Waals surface area contributed by atoms with Crippen molar-refractivity contribution in [1.29, 1.82) is 0 Å². The van der Waals surface area contributed by atoms with E-state index in [1.165, 1.54) is 12.1 Å². The molecule has 0 bridgehead atoms. The Bertz CT molecular complexity index is 717. The van der Waals surface area contributed by atoms with Crippen LogP contribution < -0.4 is 15.4 Å². The van der Waals surface area contributed by atoms with E-state index in [4.69, 9.17) is 9.47 Å². The molecule has 5 nitrogen and oxygen atoms in total. The van der Waals surface area contributed by atoms with Crippen LogP contribution in [0.3, 0.4) is 0 Å². The van der Waals surface area contributed by atoms with E-state index in [0.717, 1.165) is 19.4 Å². The summed E-state index contributed by atoms with van der Waals surface area (Å²) in [6, 6.07) is 13.5. The zero-order chi connectivity index (χ0) is 17.5. The number of hydrogen-bond acceptors (Lipinski definition) is 4. The summed E-state index contributed by atoms with van der Waals surface area (Å²) in [6.45, 7) is 1.28. The number of nitrogens with one attached hydrogen (secondary N) is 2. The van der Waals surface area contributed by atoms with Gasteiger partial charge in [0, 0.05) is 6.61 Å². The lowest BCUT2D eigenvalue weighted by Crippen LogP contribution is -2.23. The molecule has 25 heavy (non-hydrogen) atoms. The maximum absolute atomic E-state index is 13.6. The van der Waals surface area contributed by atoms with E-state index in [1.54, 1.807) is 12.1 Å². The largest absolute Gasteiger partial charge is 0.489 e. The summed E-state index contributed by atoms with van der Waals surface area (Å²) in [4.78, 5) is 12.0. The molecule has 1 heterocycles. The van der Waals surface area contributed by atoms with Gasteiger partial charge in [0.1, 0.15) is 18.2 Å². The summed E-state index contributed by atoms with van der Waals surface area (Å²) >= 11 is 0. The molecular formula is C19H21FN2O3. The molecule has 1 saturated heterocycles. The molecule has 1 atom stereocenters. The molecule has 3 rings (SSSR count). The molecule has 0 aromatic heterocycles. The van der Waals surface area contributed by atoms with Crippen LogP contribution in [0.1, 0.15) is 12.8 Å². The Balaban J connectivity index is 1.53. The highest BCUT2D eigenvalue weighted by atomic mass is 19.1. The van der Waals surface area contributed by atoms with Crippen LogP contribution in [0.25, 0.3) is 0 Å². The monoisotopic (exact) mass is 344 g/mol. The Hall–Kier alpha value is -2.60. The number of anilines is 2. The molecule has 2 N–H and O–H groups in total. The Labute approximate surface area is 146 Å². The van der Waals surface area contributed by atoms with Gasteiger partial charge < -0.3 is 20.1 Å². The average molecular weight is 344 g/mol. The minimum Gasteiger partial charge on any atom is -0.489 e. The van der Waals surface area contributed by atoms with E-state index in [-0.39, 0.29) is 24.2 Å². The van der Waals surface area contributed by atoms with E-state index in [2.05, 4.69) is 10.6 Å². The van der Waals surface area contributed by atoms with Gasteiger partial charge >= 0.3 is 0 Å². The topological polar surface area (TPSA) is 59.6 Å². The lowest BCUT2D eigenvalue weighted by Gasteiger charge is -2.15. The first-order chi connectivity index (χ1) is 12.2. The van der Waals surface area contributed by atoms with Crippen molar-refractivity contribution in [3.63, 3.8) is 0 Å². The summed E-state index contributed by atoms with van der Waals surface area (Å²) in [5.74, 6) is -0.133. The molecule has 0 radical (unpaired) electrons. The third-order valence-electron chi connectivity index (χ3n) is 3.92. The van der Waals surface area contributed by atoms with Gasteiger partial charge in [-0.3, -0.25) is 4.79 Å². The lowest BCUT2D eigenvalue weighted by atomic mass is 10.2. The van der Waals surface area contributed by atoms with Crippen molar-refractivity contribution >= 4 is 17.3 Å². The second kappa shape index (κ2) is 8.48. The normalized spacial score (nSPS) is 16.4. The molecule has 132 valence electrons. The van der Waals surface area contributed by atoms with Crippen molar-refractivity contribution in [2.45, 2.75) is 18.9 Å². The summed E-state index contributed by atoms with van der Waals surface area (Å²) in [7, 11) is 0. The van der Waals surface area contributed by atoms with Gasteiger partial charge in [-0.15, -0.1) is 0 Å².